The number of ether oxygens (including phenoxy) is 4. The maximum Gasteiger partial charge on any atom is 0.472 e. The van der Waals surface area contributed by atoms with Crippen LogP contribution in [0.1, 0.15) is 452 Å². The van der Waals surface area contributed by atoms with Gasteiger partial charge in [-0.1, -0.05) is 401 Å². The van der Waals surface area contributed by atoms with Crippen LogP contribution in [0.2, 0.25) is 0 Å². The van der Waals surface area contributed by atoms with Crippen molar-refractivity contribution in [3.63, 3.8) is 0 Å². The summed E-state index contributed by atoms with van der Waals surface area (Å²) >= 11 is 0. The maximum absolute atomic E-state index is 13.1. The summed E-state index contributed by atoms with van der Waals surface area (Å²) in [7, 11) is -9.92. The number of carbonyl (C=O) groups excluding carboxylic acids is 4. The second-order valence-electron chi connectivity index (χ2n) is 31.5. The van der Waals surface area contributed by atoms with E-state index in [1.165, 1.54) is 263 Å². The fraction of sp³-hybridized carbons (Fsp3) is 0.953. The van der Waals surface area contributed by atoms with Crippen LogP contribution < -0.4 is 0 Å². The topological polar surface area (TPSA) is 237 Å². The first-order chi connectivity index (χ1) is 50.4. The largest absolute Gasteiger partial charge is 0.472 e. The Balaban J connectivity index is 5.21. The van der Waals surface area contributed by atoms with Gasteiger partial charge in [0.1, 0.15) is 19.3 Å². The number of aliphatic hydroxyl groups is 1. The second-order valence-corrected chi connectivity index (χ2v) is 34.4. The second kappa shape index (κ2) is 76.4. The molecule has 0 radical (unpaired) electrons. The van der Waals surface area contributed by atoms with Gasteiger partial charge in [0.25, 0.3) is 0 Å². The average Bonchev–Trinajstić information content (AvgIpc) is 0.904. The Bertz CT molecular complexity index is 1990. The van der Waals surface area contributed by atoms with Crippen LogP contribution in [0.15, 0.2) is 0 Å². The molecule has 2 unspecified atom stereocenters. The lowest BCUT2D eigenvalue weighted by molar-refractivity contribution is -0.161. The molecule has 0 aliphatic carbocycles. The van der Waals surface area contributed by atoms with Crippen LogP contribution in [-0.2, 0) is 65.4 Å². The third-order valence-corrected chi connectivity index (χ3v) is 21.9. The summed E-state index contributed by atoms with van der Waals surface area (Å²) in [6.45, 7) is 9.62. The van der Waals surface area contributed by atoms with E-state index in [1.54, 1.807) is 0 Å². The maximum atomic E-state index is 13.1. The van der Waals surface area contributed by atoms with Gasteiger partial charge in [-0.3, -0.25) is 37.3 Å². The Morgan fingerprint density at radius 1 is 0.260 bits per heavy atom. The van der Waals surface area contributed by atoms with Crippen LogP contribution in [0.25, 0.3) is 0 Å². The Morgan fingerprint density at radius 3 is 0.654 bits per heavy atom. The summed E-state index contributed by atoms with van der Waals surface area (Å²) in [5, 5.41) is 10.7. The Kier molecular flexibility index (Phi) is 75.0. The fourth-order valence-electron chi connectivity index (χ4n) is 13.2. The number of hydrogen-bond acceptors (Lipinski definition) is 15. The highest BCUT2D eigenvalue weighted by molar-refractivity contribution is 7.47. The van der Waals surface area contributed by atoms with Gasteiger partial charge in [-0.2, -0.15) is 0 Å². The lowest BCUT2D eigenvalue weighted by Gasteiger charge is -2.21. The third kappa shape index (κ3) is 78.2. The van der Waals surface area contributed by atoms with Gasteiger partial charge in [-0.25, -0.2) is 9.13 Å². The summed E-state index contributed by atoms with van der Waals surface area (Å²) in [4.78, 5) is 73.1. The highest BCUT2D eigenvalue weighted by Crippen LogP contribution is 2.45. The molecule has 17 nitrogen and oxygen atoms in total. The number of rotatable bonds is 84. The molecule has 3 N–H and O–H groups in total. The monoisotopic (exact) mass is 1520 g/mol. The molecule has 5 atom stereocenters. The zero-order chi connectivity index (χ0) is 76.4. The molecule has 0 rings (SSSR count). The van der Waals surface area contributed by atoms with Crippen LogP contribution in [0, 0.1) is 11.8 Å². The van der Waals surface area contributed by atoms with Crippen molar-refractivity contribution in [3.05, 3.63) is 0 Å². The summed E-state index contributed by atoms with van der Waals surface area (Å²) in [5.74, 6) is -0.605. The zero-order valence-electron chi connectivity index (χ0n) is 68.3. The normalized spacial score (nSPS) is 13.8. The molecule has 104 heavy (non-hydrogen) atoms. The number of esters is 4. The van der Waals surface area contributed by atoms with E-state index in [1.807, 2.05) is 0 Å². The summed E-state index contributed by atoms with van der Waals surface area (Å²) in [6.07, 6.45) is 68.2. The molecule has 0 aromatic carbocycles. The minimum absolute atomic E-state index is 0.108. The summed E-state index contributed by atoms with van der Waals surface area (Å²) in [6, 6.07) is 0. The SMILES string of the molecule is CCCCCCCCCCCCCCCCCCCC(=O)OC[C@H](COP(=O)(O)OC[C@@H](O)COP(=O)(O)OC[C@@H](COC(=O)CCCCCCCCC(C)C)OC(=O)CCCCCCCCCCCCCCCCCCC)OC(=O)CCCCCCCCCCCCCCCCCCCCC(C)C. The van der Waals surface area contributed by atoms with Gasteiger partial charge < -0.3 is 33.8 Å². The van der Waals surface area contributed by atoms with Gasteiger partial charge in [0.15, 0.2) is 12.2 Å². The quantitative estimate of drug-likeness (QED) is 0.0222. The molecule has 0 bridgehead atoms. The van der Waals surface area contributed by atoms with E-state index in [9.17, 15) is 43.2 Å². The molecule has 0 aliphatic heterocycles. The summed E-state index contributed by atoms with van der Waals surface area (Å²) < 4.78 is 68.8. The predicted molar refractivity (Wildman–Crippen MR) is 428 cm³/mol. The zero-order valence-corrected chi connectivity index (χ0v) is 70.1. The van der Waals surface area contributed by atoms with Gasteiger partial charge in [-0.05, 0) is 37.5 Å². The molecule has 0 fully saturated rings. The number of aliphatic hydroxyl groups excluding tert-OH is 1. The van der Waals surface area contributed by atoms with Crippen molar-refractivity contribution < 1.29 is 80.2 Å². The molecule has 0 spiro atoms. The van der Waals surface area contributed by atoms with Gasteiger partial charge in [0.05, 0.1) is 26.4 Å². The molecular formula is C85H166O17P2. The van der Waals surface area contributed by atoms with Crippen LogP contribution >= 0.6 is 15.6 Å². The first kappa shape index (κ1) is 102. The van der Waals surface area contributed by atoms with Gasteiger partial charge >= 0.3 is 39.5 Å². The Morgan fingerprint density at radius 2 is 0.442 bits per heavy atom. The van der Waals surface area contributed by atoms with E-state index in [0.717, 1.165) is 102 Å². The molecular weight excluding hydrogens is 1350 g/mol. The Hall–Kier alpha value is -1.94. The molecule has 0 heterocycles. The lowest BCUT2D eigenvalue weighted by atomic mass is 10.0. The number of hydrogen-bond donors (Lipinski definition) is 3. The van der Waals surface area contributed by atoms with E-state index < -0.39 is 97.5 Å². The van der Waals surface area contributed by atoms with Crippen molar-refractivity contribution in [2.75, 3.05) is 39.6 Å². The van der Waals surface area contributed by atoms with Gasteiger partial charge in [0.2, 0.25) is 0 Å². The minimum Gasteiger partial charge on any atom is -0.462 e. The lowest BCUT2D eigenvalue weighted by Crippen LogP contribution is -2.30. The highest BCUT2D eigenvalue weighted by Gasteiger charge is 2.30. The first-order valence-corrected chi connectivity index (χ1v) is 47.0. The first-order valence-electron chi connectivity index (χ1n) is 44.0. The van der Waals surface area contributed by atoms with Crippen molar-refractivity contribution in [1.82, 2.24) is 0 Å². The fourth-order valence-corrected chi connectivity index (χ4v) is 14.8. The van der Waals surface area contributed by atoms with E-state index >= 15 is 0 Å². The van der Waals surface area contributed by atoms with Crippen molar-refractivity contribution in [2.24, 2.45) is 11.8 Å². The van der Waals surface area contributed by atoms with E-state index in [0.29, 0.717) is 31.6 Å². The van der Waals surface area contributed by atoms with E-state index in [4.69, 9.17) is 37.0 Å². The number of phosphoric ester groups is 2. The molecule has 0 aromatic heterocycles. The van der Waals surface area contributed by atoms with Crippen molar-refractivity contribution in [2.45, 2.75) is 471 Å². The molecule has 0 aliphatic rings. The van der Waals surface area contributed by atoms with Gasteiger partial charge in [0, 0.05) is 25.7 Å². The van der Waals surface area contributed by atoms with Crippen LogP contribution in [0.3, 0.4) is 0 Å². The number of carbonyl (C=O) groups is 4. The van der Waals surface area contributed by atoms with Crippen LogP contribution in [-0.4, -0.2) is 96.7 Å². The smallest absolute Gasteiger partial charge is 0.462 e. The molecule has 0 saturated heterocycles. The van der Waals surface area contributed by atoms with E-state index in [2.05, 4.69) is 41.5 Å². The van der Waals surface area contributed by atoms with E-state index in [-0.39, 0.29) is 25.7 Å². The molecule has 0 aromatic rings. The number of unbranched alkanes of at least 4 members (excludes halogenated alkanes) is 54. The molecule has 0 amide bonds. The Labute approximate surface area is 638 Å². The number of phosphoric acid groups is 2. The average molecular weight is 1520 g/mol. The molecule has 19 heteroatoms. The molecule has 0 saturated carbocycles. The highest BCUT2D eigenvalue weighted by atomic mass is 31.2. The van der Waals surface area contributed by atoms with Crippen molar-refractivity contribution in [1.29, 1.82) is 0 Å². The van der Waals surface area contributed by atoms with Crippen LogP contribution in [0.4, 0.5) is 0 Å². The minimum atomic E-state index is -4.96. The summed E-state index contributed by atoms with van der Waals surface area (Å²) in [5.41, 5.74) is 0. The van der Waals surface area contributed by atoms with Crippen LogP contribution in [0.5, 0.6) is 0 Å². The predicted octanol–water partition coefficient (Wildman–Crippen LogP) is 25.8. The van der Waals surface area contributed by atoms with Crippen molar-refractivity contribution >= 4 is 39.5 Å². The van der Waals surface area contributed by atoms with Crippen molar-refractivity contribution in [3.8, 4) is 0 Å². The van der Waals surface area contributed by atoms with Gasteiger partial charge in [-0.15, -0.1) is 0 Å². The standard InChI is InChI=1S/C85H166O17P2/c1-7-9-11-13-15-17-19-21-23-27-32-36-40-44-48-55-61-67-82(87)95-73-80(101-84(89)69-63-58-50-46-42-38-34-30-26-25-29-31-35-39-43-47-53-59-65-77(3)4)75-99-103(91,92)97-71-79(86)72-98-104(93,94)100-76-81(74-96-83(88)68-62-56-52-51-54-60-66-78(5)6)102-85(90)70-64-57-49-45-41-37-33-28-24-22-20-18-16-14-12-10-8-2/h77-81,86H,7-76H2,1-6H3,(H,91,92)(H,93,94)/t79-,80-,81-/m1/s1. The third-order valence-electron chi connectivity index (χ3n) is 20.0. The molecule has 618 valence electrons.